The maximum atomic E-state index is 10.9. The van der Waals surface area contributed by atoms with Gasteiger partial charge in [-0.2, -0.15) is 0 Å². The van der Waals surface area contributed by atoms with Crippen molar-refractivity contribution in [3.8, 4) is 17.0 Å². The second-order valence-electron chi connectivity index (χ2n) is 7.81. The van der Waals surface area contributed by atoms with Crippen molar-refractivity contribution in [1.29, 1.82) is 0 Å². The zero-order valence-corrected chi connectivity index (χ0v) is 17.3. The number of ether oxygens (including phenoxy) is 4. The van der Waals surface area contributed by atoms with Crippen LogP contribution in [0.3, 0.4) is 0 Å². The van der Waals surface area contributed by atoms with Gasteiger partial charge in [0, 0.05) is 23.7 Å². The molecule has 3 heterocycles. The summed E-state index contributed by atoms with van der Waals surface area (Å²) < 4.78 is 23.6. The summed E-state index contributed by atoms with van der Waals surface area (Å²) in [4.78, 5) is 4.48. The number of nitrogens with zero attached hydrogens (tertiary/aromatic N) is 1. The third-order valence-corrected chi connectivity index (χ3v) is 5.87. The fraction of sp³-hybridized carbons (Fsp3) is 0.320. The van der Waals surface area contributed by atoms with E-state index < -0.39 is 18.5 Å². The van der Waals surface area contributed by atoms with Crippen molar-refractivity contribution in [3.63, 3.8) is 0 Å². The Labute approximate surface area is 181 Å². The highest BCUT2D eigenvalue weighted by molar-refractivity contribution is 5.64. The van der Waals surface area contributed by atoms with Crippen molar-refractivity contribution in [2.75, 3.05) is 13.7 Å². The summed E-state index contributed by atoms with van der Waals surface area (Å²) in [6.45, 7) is 0.348. The van der Waals surface area contributed by atoms with Gasteiger partial charge in [0.1, 0.15) is 18.0 Å². The van der Waals surface area contributed by atoms with Gasteiger partial charge in [-0.05, 0) is 29.8 Å². The average Bonchev–Trinajstić information content (AvgIpc) is 2.84. The average molecular weight is 419 g/mol. The summed E-state index contributed by atoms with van der Waals surface area (Å²) in [5, 5.41) is 10.9. The van der Waals surface area contributed by atoms with Crippen LogP contribution < -0.4 is 4.74 Å². The van der Waals surface area contributed by atoms with Crippen LogP contribution >= 0.6 is 0 Å². The molecule has 1 N–H and O–H groups in total. The van der Waals surface area contributed by atoms with Crippen molar-refractivity contribution in [1.82, 2.24) is 4.98 Å². The van der Waals surface area contributed by atoms with Crippen LogP contribution in [0.15, 0.2) is 72.9 Å². The van der Waals surface area contributed by atoms with Crippen LogP contribution in [0.1, 0.15) is 29.9 Å². The fourth-order valence-corrected chi connectivity index (χ4v) is 4.29. The van der Waals surface area contributed by atoms with Crippen molar-refractivity contribution >= 4 is 0 Å². The first kappa shape index (κ1) is 20.2. The first-order valence-corrected chi connectivity index (χ1v) is 10.5. The maximum absolute atomic E-state index is 10.9. The molecule has 1 aromatic heterocycles. The molecule has 6 nitrogen and oxygen atoms in total. The third-order valence-electron chi connectivity index (χ3n) is 5.87. The number of aliphatic hydroxyl groups excluding tert-OH is 1. The number of hydrogen-bond donors (Lipinski definition) is 1. The standard InChI is InChI=1S/C25H25NO5/c1-28-17-11-9-16(10-12-17)25-29-15-23-24(31-25)21(27)14-22(30-23)19-7-3-2-6-18(19)20-8-4-5-13-26-20/h2-13,21-25,27H,14-15H2,1H3/t21-,22-,23-,24+,25-/m1/s1. The molecule has 31 heavy (non-hydrogen) atoms. The molecule has 0 radical (unpaired) electrons. The molecule has 5 atom stereocenters. The number of fused-ring (bicyclic) bond motifs is 1. The van der Waals surface area contributed by atoms with E-state index in [1.165, 1.54) is 0 Å². The number of methoxy groups -OCH3 is 1. The maximum Gasteiger partial charge on any atom is 0.184 e. The van der Waals surface area contributed by atoms with Crippen molar-refractivity contribution in [2.45, 2.75) is 37.1 Å². The van der Waals surface area contributed by atoms with Crippen LogP contribution in [-0.4, -0.2) is 42.1 Å². The van der Waals surface area contributed by atoms with Gasteiger partial charge in [-0.3, -0.25) is 4.98 Å². The molecular weight excluding hydrogens is 394 g/mol. The van der Waals surface area contributed by atoms with E-state index in [1.807, 2.05) is 66.7 Å². The highest BCUT2D eigenvalue weighted by atomic mass is 16.7. The van der Waals surface area contributed by atoms with Gasteiger partial charge >= 0.3 is 0 Å². The molecule has 0 unspecified atom stereocenters. The molecule has 0 bridgehead atoms. The van der Waals surface area contributed by atoms with Gasteiger partial charge in [-0.1, -0.05) is 42.5 Å². The van der Waals surface area contributed by atoms with Crippen LogP contribution in [-0.2, 0) is 14.2 Å². The molecule has 2 aromatic carbocycles. The molecule has 160 valence electrons. The molecule has 0 amide bonds. The SMILES string of the molecule is COc1ccc([C@@H]2OC[C@H]3O[C@@H](c4ccccc4-c4ccccn4)C[C@@H](O)[C@@H]3O2)cc1. The fourth-order valence-electron chi connectivity index (χ4n) is 4.29. The molecule has 5 rings (SSSR count). The zero-order chi connectivity index (χ0) is 21.2. The summed E-state index contributed by atoms with van der Waals surface area (Å²) in [6.07, 6.45) is -0.0347. The van der Waals surface area contributed by atoms with E-state index in [4.69, 9.17) is 18.9 Å². The zero-order valence-electron chi connectivity index (χ0n) is 17.3. The summed E-state index contributed by atoms with van der Waals surface area (Å²) in [6, 6.07) is 21.4. The topological polar surface area (TPSA) is 70.0 Å². The Morgan fingerprint density at radius 3 is 2.55 bits per heavy atom. The molecule has 0 saturated carbocycles. The van der Waals surface area contributed by atoms with E-state index in [9.17, 15) is 5.11 Å². The van der Waals surface area contributed by atoms with Crippen molar-refractivity contribution < 1.29 is 24.1 Å². The van der Waals surface area contributed by atoms with Crippen LogP contribution in [0.2, 0.25) is 0 Å². The molecule has 2 aliphatic heterocycles. The first-order chi connectivity index (χ1) is 15.2. The summed E-state index contributed by atoms with van der Waals surface area (Å²) >= 11 is 0. The Kier molecular flexibility index (Phi) is 5.70. The molecule has 3 aromatic rings. The van der Waals surface area contributed by atoms with Crippen LogP contribution in [0.5, 0.6) is 5.75 Å². The quantitative estimate of drug-likeness (QED) is 0.688. The normalized spacial score (nSPS) is 28.0. The molecule has 0 aliphatic carbocycles. The second kappa shape index (κ2) is 8.77. The Bertz CT molecular complexity index is 1010. The summed E-state index contributed by atoms with van der Waals surface area (Å²) in [7, 11) is 1.63. The number of benzene rings is 2. The number of aromatic nitrogens is 1. The van der Waals surface area contributed by atoms with E-state index in [1.54, 1.807) is 13.3 Å². The Morgan fingerprint density at radius 2 is 1.77 bits per heavy atom. The Hall–Kier alpha value is -2.77. The number of rotatable bonds is 4. The lowest BCUT2D eigenvalue weighted by Gasteiger charge is -2.44. The first-order valence-electron chi connectivity index (χ1n) is 10.5. The lowest BCUT2D eigenvalue weighted by atomic mass is 9.90. The minimum atomic E-state index is -0.662. The lowest BCUT2D eigenvalue weighted by molar-refractivity contribution is -0.311. The van der Waals surface area contributed by atoms with Crippen LogP contribution in [0.4, 0.5) is 0 Å². The predicted molar refractivity (Wildman–Crippen MR) is 114 cm³/mol. The van der Waals surface area contributed by atoms with Crippen molar-refractivity contribution in [2.24, 2.45) is 0 Å². The number of hydrogen-bond acceptors (Lipinski definition) is 6. The molecule has 6 heteroatoms. The largest absolute Gasteiger partial charge is 0.497 e. The molecule has 2 saturated heterocycles. The van der Waals surface area contributed by atoms with Crippen molar-refractivity contribution in [3.05, 3.63) is 84.1 Å². The minimum Gasteiger partial charge on any atom is -0.497 e. The van der Waals surface area contributed by atoms with Gasteiger partial charge in [0.2, 0.25) is 0 Å². The highest BCUT2D eigenvalue weighted by Gasteiger charge is 2.44. The summed E-state index contributed by atoms with van der Waals surface area (Å²) in [5.74, 6) is 0.771. The van der Waals surface area contributed by atoms with Gasteiger partial charge < -0.3 is 24.1 Å². The predicted octanol–water partition coefficient (Wildman–Crippen LogP) is 4.06. The Morgan fingerprint density at radius 1 is 0.968 bits per heavy atom. The van der Waals surface area contributed by atoms with E-state index >= 15 is 0 Å². The molecule has 0 spiro atoms. The van der Waals surface area contributed by atoms with Gasteiger partial charge in [0.05, 0.1) is 31.6 Å². The monoisotopic (exact) mass is 419 g/mol. The van der Waals surface area contributed by atoms with Gasteiger partial charge in [0.25, 0.3) is 0 Å². The second-order valence-corrected chi connectivity index (χ2v) is 7.81. The van der Waals surface area contributed by atoms with Crippen LogP contribution in [0.25, 0.3) is 11.3 Å². The Balaban J connectivity index is 1.34. The lowest BCUT2D eigenvalue weighted by Crippen LogP contribution is -2.53. The van der Waals surface area contributed by atoms with E-state index in [0.29, 0.717) is 13.0 Å². The van der Waals surface area contributed by atoms with E-state index in [0.717, 1.165) is 28.1 Å². The van der Waals surface area contributed by atoms with Gasteiger partial charge in [-0.25, -0.2) is 0 Å². The van der Waals surface area contributed by atoms with E-state index in [-0.39, 0.29) is 12.2 Å². The molecular formula is C25H25NO5. The van der Waals surface area contributed by atoms with E-state index in [2.05, 4.69) is 4.98 Å². The molecule has 2 fully saturated rings. The number of aliphatic hydroxyl groups is 1. The van der Waals surface area contributed by atoms with Crippen LogP contribution in [0, 0.1) is 0 Å². The van der Waals surface area contributed by atoms with Gasteiger partial charge in [0.15, 0.2) is 6.29 Å². The number of pyridine rings is 1. The minimum absolute atomic E-state index is 0.265. The highest BCUT2D eigenvalue weighted by Crippen LogP contribution is 2.41. The third kappa shape index (κ3) is 4.07. The summed E-state index contributed by atoms with van der Waals surface area (Å²) in [5.41, 5.74) is 3.78. The smallest absolute Gasteiger partial charge is 0.184 e. The van der Waals surface area contributed by atoms with Gasteiger partial charge in [-0.15, -0.1) is 0 Å². The molecule has 2 aliphatic rings.